The number of allylic oxidation sites excluding steroid dienone is 1. The Morgan fingerprint density at radius 1 is 1.71 bits per heavy atom. The molecule has 0 aliphatic heterocycles. The summed E-state index contributed by atoms with van der Waals surface area (Å²) in [5, 5.41) is 14.3. The number of aromatic nitrogens is 2. The molecule has 2 N–H and O–H groups in total. The van der Waals surface area contributed by atoms with Crippen LogP contribution in [0, 0.1) is 17.0 Å². The topological polar surface area (TPSA) is 87.0 Å². The van der Waals surface area contributed by atoms with Crippen molar-refractivity contribution >= 4 is 5.82 Å². The van der Waals surface area contributed by atoms with Gasteiger partial charge in [0.15, 0.2) is 0 Å². The molecule has 0 radical (unpaired) electrons. The highest BCUT2D eigenvalue weighted by Crippen LogP contribution is 2.13. The predicted octanol–water partition coefficient (Wildman–Crippen LogP) is 0.615. The first-order chi connectivity index (χ1) is 6.65. The molecular weight excluding hydrogens is 184 g/mol. The first kappa shape index (κ1) is 10.4. The van der Waals surface area contributed by atoms with Crippen molar-refractivity contribution < 1.29 is 4.92 Å². The third-order valence-corrected chi connectivity index (χ3v) is 1.69. The molecule has 0 aliphatic rings. The highest BCUT2D eigenvalue weighted by molar-refractivity contribution is 5.28. The Balaban J connectivity index is 2.76. The van der Waals surface area contributed by atoms with Crippen LogP contribution in [0.1, 0.15) is 5.56 Å². The van der Waals surface area contributed by atoms with E-state index in [2.05, 4.69) is 5.10 Å². The van der Waals surface area contributed by atoms with E-state index in [4.69, 9.17) is 5.73 Å². The standard InChI is InChI=1S/C8H12N4O2/c1-7-6-11(5-3-2-4-9)10-8(7)12(13)14/h2-3,6H,4-5,9H2,1H3. The molecule has 0 aromatic carbocycles. The van der Waals surface area contributed by atoms with Gasteiger partial charge in [-0.15, -0.1) is 0 Å². The zero-order valence-electron chi connectivity index (χ0n) is 7.88. The fraction of sp³-hybridized carbons (Fsp3) is 0.375. The van der Waals surface area contributed by atoms with Crippen LogP contribution in [-0.4, -0.2) is 21.2 Å². The van der Waals surface area contributed by atoms with Crippen molar-refractivity contribution in [3.8, 4) is 0 Å². The van der Waals surface area contributed by atoms with Gasteiger partial charge < -0.3 is 15.8 Å². The van der Waals surface area contributed by atoms with E-state index in [1.807, 2.05) is 6.08 Å². The lowest BCUT2D eigenvalue weighted by Crippen LogP contribution is -1.99. The Labute approximate surface area is 81.2 Å². The van der Waals surface area contributed by atoms with E-state index in [0.29, 0.717) is 18.7 Å². The molecule has 0 saturated carbocycles. The van der Waals surface area contributed by atoms with Gasteiger partial charge in [-0.3, -0.25) is 0 Å². The van der Waals surface area contributed by atoms with Crippen LogP contribution in [-0.2, 0) is 6.54 Å². The second kappa shape index (κ2) is 4.52. The number of rotatable bonds is 4. The summed E-state index contributed by atoms with van der Waals surface area (Å²) >= 11 is 0. The van der Waals surface area contributed by atoms with Crippen molar-refractivity contribution in [1.82, 2.24) is 9.78 Å². The summed E-state index contributed by atoms with van der Waals surface area (Å²) in [6.07, 6.45) is 5.23. The number of nitrogens with two attached hydrogens (primary N) is 1. The van der Waals surface area contributed by atoms with Gasteiger partial charge in [0, 0.05) is 6.54 Å². The molecule has 0 saturated heterocycles. The minimum atomic E-state index is -0.488. The largest absolute Gasteiger partial charge is 0.392 e. The summed E-state index contributed by atoms with van der Waals surface area (Å²) in [7, 11) is 0. The molecule has 1 aromatic rings. The van der Waals surface area contributed by atoms with E-state index in [-0.39, 0.29) is 5.82 Å². The number of aryl methyl sites for hydroxylation is 1. The second-order valence-electron chi connectivity index (χ2n) is 2.82. The molecule has 1 aromatic heterocycles. The van der Waals surface area contributed by atoms with E-state index in [9.17, 15) is 10.1 Å². The predicted molar refractivity (Wildman–Crippen MR) is 51.8 cm³/mol. The molecular formula is C8H12N4O2. The molecule has 0 spiro atoms. The molecule has 1 heterocycles. The highest BCUT2D eigenvalue weighted by atomic mass is 16.6. The maximum Gasteiger partial charge on any atom is 0.392 e. The molecule has 14 heavy (non-hydrogen) atoms. The molecule has 0 atom stereocenters. The summed E-state index contributed by atoms with van der Waals surface area (Å²) in [6, 6.07) is 0. The van der Waals surface area contributed by atoms with Gasteiger partial charge in [0.1, 0.15) is 0 Å². The summed E-state index contributed by atoms with van der Waals surface area (Å²) in [6.45, 7) is 2.63. The van der Waals surface area contributed by atoms with E-state index in [1.165, 1.54) is 4.68 Å². The average Bonchev–Trinajstić information content (AvgIpc) is 2.47. The van der Waals surface area contributed by atoms with Gasteiger partial charge in [0.05, 0.1) is 23.4 Å². The van der Waals surface area contributed by atoms with E-state index in [1.54, 1.807) is 19.2 Å². The number of hydrogen-bond acceptors (Lipinski definition) is 4. The van der Waals surface area contributed by atoms with Crippen molar-refractivity contribution in [2.45, 2.75) is 13.5 Å². The van der Waals surface area contributed by atoms with Crippen molar-refractivity contribution in [3.63, 3.8) is 0 Å². The van der Waals surface area contributed by atoms with Crippen LogP contribution < -0.4 is 5.73 Å². The Morgan fingerprint density at radius 2 is 2.43 bits per heavy atom. The van der Waals surface area contributed by atoms with E-state index < -0.39 is 4.92 Å². The highest BCUT2D eigenvalue weighted by Gasteiger charge is 2.15. The fourth-order valence-corrected chi connectivity index (χ4v) is 1.06. The smallest absolute Gasteiger partial charge is 0.358 e. The Hall–Kier alpha value is -1.69. The second-order valence-corrected chi connectivity index (χ2v) is 2.82. The third-order valence-electron chi connectivity index (χ3n) is 1.69. The molecule has 0 fully saturated rings. The lowest BCUT2D eigenvalue weighted by atomic mass is 10.4. The van der Waals surface area contributed by atoms with Gasteiger partial charge in [-0.1, -0.05) is 12.2 Å². The SMILES string of the molecule is Cc1cn(CC=CCN)nc1[N+](=O)[O-]. The minimum absolute atomic E-state index is 0.0915. The van der Waals surface area contributed by atoms with Crippen LogP contribution in [0.5, 0.6) is 0 Å². The van der Waals surface area contributed by atoms with Crippen LogP contribution in [0.4, 0.5) is 5.82 Å². The fourth-order valence-electron chi connectivity index (χ4n) is 1.06. The van der Waals surface area contributed by atoms with Gasteiger partial charge in [0.25, 0.3) is 0 Å². The van der Waals surface area contributed by atoms with E-state index in [0.717, 1.165) is 0 Å². The molecule has 0 amide bonds. The van der Waals surface area contributed by atoms with Crippen LogP contribution in [0.2, 0.25) is 0 Å². The Bertz CT molecular complexity index is 356. The van der Waals surface area contributed by atoms with Crippen molar-refractivity contribution in [2.24, 2.45) is 5.73 Å². The maximum atomic E-state index is 10.5. The summed E-state index contributed by atoms with van der Waals surface area (Å²) < 4.78 is 1.51. The zero-order chi connectivity index (χ0) is 10.6. The first-order valence-corrected chi connectivity index (χ1v) is 4.18. The zero-order valence-corrected chi connectivity index (χ0v) is 7.88. The lowest BCUT2D eigenvalue weighted by molar-refractivity contribution is -0.390. The number of nitrogens with zero attached hydrogens (tertiary/aromatic N) is 3. The summed E-state index contributed by atoms with van der Waals surface area (Å²) in [5.74, 6) is -0.0915. The van der Waals surface area contributed by atoms with Gasteiger partial charge in [-0.25, -0.2) is 0 Å². The lowest BCUT2D eigenvalue weighted by Gasteiger charge is -1.87. The number of hydrogen-bond donors (Lipinski definition) is 1. The van der Waals surface area contributed by atoms with Crippen molar-refractivity contribution in [1.29, 1.82) is 0 Å². The van der Waals surface area contributed by atoms with Gasteiger partial charge >= 0.3 is 5.82 Å². The third kappa shape index (κ3) is 2.40. The number of nitro groups is 1. The van der Waals surface area contributed by atoms with Crippen molar-refractivity contribution in [2.75, 3.05) is 6.54 Å². The Kier molecular flexibility index (Phi) is 3.35. The van der Waals surface area contributed by atoms with Gasteiger partial charge in [0.2, 0.25) is 0 Å². The van der Waals surface area contributed by atoms with Gasteiger partial charge in [-0.2, -0.15) is 4.68 Å². The minimum Gasteiger partial charge on any atom is -0.358 e. The molecule has 0 unspecified atom stereocenters. The molecule has 1 rings (SSSR count). The normalized spacial score (nSPS) is 11.0. The monoisotopic (exact) mass is 196 g/mol. The van der Waals surface area contributed by atoms with Crippen molar-refractivity contribution in [3.05, 3.63) is 34.0 Å². The van der Waals surface area contributed by atoms with E-state index >= 15 is 0 Å². The van der Waals surface area contributed by atoms with Crippen LogP contribution in [0.15, 0.2) is 18.3 Å². The van der Waals surface area contributed by atoms with Gasteiger partial charge in [-0.05, 0) is 11.8 Å². The molecule has 0 bridgehead atoms. The van der Waals surface area contributed by atoms with Crippen LogP contribution in [0.25, 0.3) is 0 Å². The molecule has 6 heteroatoms. The van der Waals surface area contributed by atoms with Crippen LogP contribution >= 0.6 is 0 Å². The summed E-state index contributed by atoms with van der Waals surface area (Å²) in [5.41, 5.74) is 5.82. The average molecular weight is 196 g/mol. The first-order valence-electron chi connectivity index (χ1n) is 4.18. The molecule has 0 aliphatic carbocycles. The molecule has 6 nitrogen and oxygen atoms in total. The Morgan fingerprint density at radius 3 is 2.93 bits per heavy atom. The summed E-state index contributed by atoms with van der Waals surface area (Å²) in [4.78, 5) is 9.97. The van der Waals surface area contributed by atoms with Crippen LogP contribution in [0.3, 0.4) is 0 Å². The maximum absolute atomic E-state index is 10.5. The molecule has 76 valence electrons. The quantitative estimate of drug-likeness (QED) is 0.434.